The van der Waals surface area contributed by atoms with Crippen LogP contribution in [0.15, 0.2) is 103 Å². The van der Waals surface area contributed by atoms with Crippen molar-refractivity contribution in [2.45, 2.75) is 28.5 Å². The molecule has 0 bridgehead atoms. The minimum absolute atomic E-state index is 0.00604. The van der Waals surface area contributed by atoms with Crippen LogP contribution < -0.4 is 16.1 Å². The molecule has 1 unspecified atom stereocenters. The van der Waals surface area contributed by atoms with Crippen LogP contribution in [0.25, 0.3) is 21.5 Å². The summed E-state index contributed by atoms with van der Waals surface area (Å²) >= 11 is 9.94. The number of hydrogen-bond acceptors (Lipinski definition) is 21. The number of hydrogen-bond donors (Lipinski definition) is 8. The molecule has 0 radical (unpaired) electrons. The number of nitrogens with zero attached hydrogens (tertiary/aromatic N) is 7. The Morgan fingerprint density at radius 3 is 1.93 bits per heavy atom. The fourth-order valence-electron chi connectivity index (χ4n) is 6.16. The molecule has 0 saturated heterocycles. The first-order valence-corrected chi connectivity index (χ1v) is 24.8. The summed E-state index contributed by atoms with van der Waals surface area (Å²) in [4.78, 5) is 15.6. The van der Waals surface area contributed by atoms with Crippen molar-refractivity contribution in [2.24, 2.45) is 20.5 Å². The highest BCUT2D eigenvalue weighted by Crippen LogP contribution is 2.46. The van der Waals surface area contributed by atoms with Crippen LogP contribution in [0.5, 0.6) is 11.5 Å². The van der Waals surface area contributed by atoms with E-state index in [1.165, 1.54) is 38.2 Å². The summed E-state index contributed by atoms with van der Waals surface area (Å²) in [6, 6.07) is 10.5. The van der Waals surface area contributed by atoms with Crippen LogP contribution in [0.3, 0.4) is 0 Å². The number of anilines is 5. The first-order chi connectivity index (χ1) is 31.5. The van der Waals surface area contributed by atoms with Gasteiger partial charge < -0.3 is 20.8 Å². The molecule has 8 N–H and O–H groups in total. The smallest absolute Gasteiger partial charge is 0.296 e. The molecule has 0 aliphatic carbocycles. The van der Waals surface area contributed by atoms with Crippen LogP contribution in [0.4, 0.5) is 46.0 Å². The Kier molecular flexibility index (Phi) is 16.5. The van der Waals surface area contributed by atoms with Crippen LogP contribution in [-0.4, -0.2) is 93.8 Å². The van der Waals surface area contributed by atoms with E-state index in [-0.39, 0.29) is 80.2 Å². The second-order valence-corrected chi connectivity index (χ2v) is 19.2. The Morgan fingerprint density at radius 1 is 0.746 bits per heavy atom. The molecule has 0 amide bonds. The predicted molar refractivity (Wildman–Crippen MR) is 248 cm³/mol. The molecule has 1 atom stereocenters. The molecule has 6 aromatic rings. The van der Waals surface area contributed by atoms with E-state index < -0.39 is 84.3 Å². The highest BCUT2D eigenvalue weighted by molar-refractivity contribution is 7.86. The van der Waals surface area contributed by atoms with Gasteiger partial charge in [0, 0.05) is 17.8 Å². The second kappa shape index (κ2) is 21.3. The highest BCUT2D eigenvalue weighted by Gasteiger charge is 2.25. The van der Waals surface area contributed by atoms with E-state index in [9.17, 15) is 53.3 Å². The number of azo groups is 2. The standard InChI is InChI=1S/C35H32Cl2N10O14S4.C2H4/c1-16-8-18-12-26(65(57,58)59)30(45-38-3)32(49)27(18)23(9-16)39-34-41-33(37)42-35(43-34)40-24-14-21(63(51,52)53)11-19-10-17(2)29(31(48)28(19)24)46-44-22-13-20(4-5-25(22)64(54,55)56)47-60-6-7-62(50)61-15-36;1-2/h4-5,8-14,47-49H,6-7,15H2,1-3H3,(H,51,52,53)(H,54,55,56)(H,57,58,59)(H2,39,40,41,42,43);1-2H2. The molecule has 0 fully saturated rings. The normalized spacial score (nSPS) is 12.7. The van der Waals surface area contributed by atoms with Crippen LogP contribution >= 0.6 is 23.2 Å². The van der Waals surface area contributed by atoms with Gasteiger partial charge in [-0.25, -0.2) is 4.21 Å². The van der Waals surface area contributed by atoms with E-state index in [2.05, 4.69) is 64.7 Å². The summed E-state index contributed by atoms with van der Waals surface area (Å²) < 4.78 is 120. The Bertz CT molecular complexity index is 3350. The highest BCUT2D eigenvalue weighted by atomic mass is 35.5. The zero-order chi connectivity index (χ0) is 49.6. The van der Waals surface area contributed by atoms with Crippen molar-refractivity contribution in [3.8, 4) is 11.5 Å². The van der Waals surface area contributed by atoms with Crippen molar-refractivity contribution >= 4 is 132 Å². The molecule has 24 nitrogen and oxygen atoms in total. The van der Waals surface area contributed by atoms with E-state index >= 15 is 0 Å². The van der Waals surface area contributed by atoms with Crippen molar-refractivity contribution in [1.82, 2.24) is 15.0 Å². The zero-order valence-corrected chi connectivity index (χ0v) is 39.4. The maximum atomic E-state index is 12.4. The van der Waals surface area contributed by atoms with Crippen molar-refractivity contribution in [2.75, 3.05) is 41.6 Å². The number of phenolic OH excluding ortho intramolecular Hbond substituents is 2. The minimum atomic E-state index is -4.91. The fraction of sp³-hybridized carbons (Fsp3) is 0.162. The van der Waals surface area contributed by atoms with Gasteiger partial charge in [-0.2, -0.15) is 50.4 Å². The van der Waals surface area contributed by atoms with E-state index in [1.54, 1.807) is 6.92 Å². The van der Waals surface area contributed by atoms with Crippen LogP contribution in [-0.2, 0) is 50.5 Å². The maximum absolute atomic E-state index is 12.4. The molecular weight excluding hydrogens is 1010 g/mol. The summed E-state index contributed by atoms with van der Waals surface area (Å²) in [6.45, 7) is 8.95. The predicted octanol–water partition coefficient (Wildman–Crippen LogP) is 8.24. The molecule has 30 heteroatoms. The number of nitrogens with one attached hydrogen (secondary N) is 3. The maximum Gasteiger partial charge on any atom is 0.296 e. The van der Waals surface area contributed by atoms with Gasteiger partial charge in [0.1, 0.15) is 32.9 Å². The molecule has 0 aliphatic rings. The van der Waals surface area contributed by atoms with Crippen molar-refractivity contribution < 1.29 is 62.4 Å². The van der Waals surface area contributed by atoms with Gasteiger partial charge in [0.2, 0.25) is 17.2 Å². The molecular formula is C37H36Cl2N10O14S4. The largest absolute Gasteiger partial charge is 0.505 e. The van der Waals surface area contributed by atoms with Gasteiger partial charge in [-0.1, -0.05) is 17.7 Å². The molecule has 0 spiro atoms. The SMILES string of the molecule is C=C.CN=Nc1c(S(=O)(=O)O)cc2cc(C)cc(Nc3nc(Cl)nc(Nc4cc(S(=O)(=O)O)cc5cc(C)c(N=Nc6cc(NOCCS(=O)OCCl)ccc6S(=O)(=O)O)c(O)c45)n3)c2c1O. The third-order valence-corrected chi connectivity index (χ3v) is 12.6. The molecule has 356 valence electrons. The number of benzene rings is 5. The van der Waals surface area contributed by atoms with Crippen molar-refractivity contribution in [1.29, 1.82) is 0 Å². The van der Waals surface area contributed by atoms with E-state index in [0.717, 1.165) is 30.3 Å². The van der Waals surface area contributed by atoms with Crippen molar-refractivity contribution in [3.05, 3.63) is 84.2 Å². The average Bonchev–Trinajstić information content (AvgIpc) is 3.22. The summed E-state index contributed by atoms with van der Waals surface area (Å²) in [5.74, 6) is -2.11. The monoisotopic (exact) mass is 1040 g/mol. The lowest BCUT2D eigenvalue weighted by Gasteiger charge is -2.16. The molecule has 5 aromatic carbocycles. The van der Waals surface area contributed by atoms with Gasteiger partial charge >= 0.3 is 0 Å². The Balaban J connectivity index is 0.00000414. The third-order valence-electron chi connectivity index (χ3n) is 8.73. The lowest BCUT2D eigenvalue weighted by molar-refractivity contribution is 0.210. The summed E-state index contributed by atoms with van der Waals surface area (Å²) in [6.07, 6.45) is 0. The number of aryl methyl sites for hydroxylation is 2. The number of rotatable bonds is 17. The van der Waals surface area contributed by atoms with Gasteiger partial charge in [0.15, 0.2) is 22.6 Å². The Morgan fingerprint density at radius 2 is 1.34 bits per heavy atom. The second-order valence-electron chi connectivity index (χ2n) is 13.2. The van der Waals surface area contributed by atoms with E-state index in [0.29, 0.717) is 5.56 Å². The zero-order valence-electron chi connectivity index (χ0n) is 34.7. The first-order valence-electron chi connectivity index (χ1n) is 18.3. The average molecular weight is 1040 g/mol. The number of fused-ring (bicyclic) bond motifs is 2. The molecule has 0 aliphatic heterocycles. The molecule has 6 rings (SSSR count). The van der Waals surface area contributed by atoms with E-state index in [4.69, 9.17) is 32.2 Å². The number of aromatic hydroxyl groups is 2. The molecule has 67 heavy (non-hydrogen) atoms. The third kappa shape index (κ3) is 12.5. The van der Waals surface area contributed by atoms with Crippen LogP contribution in [0.1, 0.15) is 11.1 Å². The lowest BCUT2D eigenvalue weighted by atomic mass is 10.0. The van der Waals surface area contributed by atoms with Gasteiger partial charge in [0.05, 0.1) is 34.3 Å². The van der Waals surface area contributed by atoms with Crippen molar-refractivity contribution in [3.63, 3.8) is 0 Å². The number of halogens is 2. The molecule has 1 heterocycles. The lowest BCUT2D eigenvalue weighted by Crippen LogP contribution is -2.11. The Labute approximate surface area is 393 Å². The van der Waals surface area contributed by atoms with Gasteiger partial charge in [0.25, 0.3) is 30.4 Å². The number of phenols is 2. The van der Waals surface area contributed by atoms with Crippen LogP contribution in [0.2, 0.25) is 5.28 Å². The van der Waals surface area contributed by atoms with E-state index in [1.807, 2.05) is 0 Å². The van der Waals surface area contributed by atoms with Crippen LogP contribution in [0, 0.1) is 13.8 Å². The summed E-state index contributed by atoms with van der Waals surface area (Å²) in [5.41, 5.74) is 1.83. The number of alkyl halides is 1. The summed E-state index contributed by atoms with van der Waals surface area (Å²) in [5, 5.41) is 43.4. The van der Waals surface area contributed by atoms with Gasteiger partial charge in [-0.3, -0.25) is 28.2 Å². The molecule has 1 aromatic heterocycles. The van der Waals surface area contributed by atoms with Gasteiger partial charge in [-0.15, -0.1) is 23.4 Å². The quantitative estimate of drug-likeness (QED) is 0.0106. The summed E-state index contributed by atoms with van der Waals surface area (Å²) in [7, 11) is -13.5. The first kappa shape index (κ1) is 51.9. The Hall–Kier alpha value is -6.05. The molecule has 0 saturated carbocycles. The minimum Gasteiger partial charge on any atom is -0.505 e. The number of aromatic nitrogens is 3. The van der Waals surface area contributed by atoms with Gasteiger partial charge in [-0.05, 0) is 95.9 Å². The fourth-order valence-corrected chi connectivity index (χ4v) is 8.86. The topological polar surface area (TPSA) is 363 Å².